The van der Waals surface area contributed by atoms with E-state index in [9.17, 15) is 14.4 Å². The van der Waals surface area contributed by atoms with Gasteiger partial charge in [0.1, 0.15) is 5.78 Å². The number of benzene rings is 1. The summed E-state index contributed by atoms with van der Waals surface area (Å²) in [6, 6.07) is 4.16. The topological polar surface area (TPSA) is 60.9 Å². The first-order valence-electron chi connectivity index (χ1n) is 13.3. The van der Waals surface area contributed by atoms with Crippen LogP contribution in [0.15, 0.2) is 12.1 Å². The van der Waals surface area contributed by atoms with Crippen molar-refractivity contribution in [1.29, 1.82) is 0 Å². The van der Waals surface area contributed by atoms with Crippen LogP contribution in [0, 0.1) is 12.8 Å². The molecule has 2 saturated heterocycles. The van der Waals surface area contributed by atoms with Crippen molar-refractivity contribution in [2.24, 2.45) is 5.92 Å². The zero-order chi connectivity index (χ0) is 25.1. The van der Waals surface area contributed by atoms with Crippen LogP contribution in [0.3, 0.4) is 0 Å². The number of amides is 2. The summed E-state index contributed by atoms with van der Waals surface area (Å²) in [5, 5.41) is 0.655. The molecule has 2 amide bonds. The van der Waals surface area contributed by atoms with E-state index in [2.05, 4.69) is 23.6 Å². The van der Waals surface area contributed by atoms with E-state index in [0.717, 1.165) is 75.1 Å². The Morgan fingerprint density at radius 2 is 1.69 bits per heavy atom. The van der Waals surface area contributed by atoms with E-state index in [4.69, 9.17) is 11.6 Å². The van der Waals surface area contributed by atoms with Gasteiger partial charge in [0.15, 0.2) is 0 Å². The Kier molecular flexibility index (Phi) is 8.54. The predicted octanol–water partition coefficient (Wildman–Crippen LogP) is 4.38. The smallest absolute Gasteiger partial charge is 0.226 e. The molecule has 3 fully saturated rings. The van der Waals surface area contributed by atoms with Crippen molar-refractivity contribution in [2.75, 3.05) is 26.2 Å². The van der Waals surface area contributed by atoms with Crippen LogP contribution in [-0.4, -0.2) is 70.6 Å². The lowest BCUT2D eigenvalue weighted by Crippen LogP contribution is -2.54. The summed E-state index contributed by atoms with van der Waals surface area (Å²) in [7, 11) is 0. The summed E-state index contributed by atoms with van der Waals surface area (Å²) in [5.41, 5.74) is 3.25. The van der Waals surface area contributed by atoms with Gasteiger partial charge in [-0.1, -0.05) is 24.4 Å². The molecule has 1 aromatic carbocycles. The van der Waals surface area contributed by atoms with Gasteiger partial charge in [-0.05, 0) is 68.4 Å². The van der Waals surface area contributed by atoms with E-state index in [-0.39, 0.29) is 29.7 Å². The number of ketones is 1. The molecule has 192 valence electrons. The van der Waals surface area contributed by atoms with Crippen molar-refractivity contribution >= 4 is 29.2 Å². The van der Waals surface area contributed by atoms with Gasteiger partial charge in [0.2, 0.25) is 11.8 Å². The molecule has 2 heterocycles. The largest absolute Gasteiger partial charge is 0.340 e. The van der Waals surface area contributed by atoms with Crippen LogP contribution in [-0.2, 0) is 27.3 Å². The number of likely N-dealkylation sites (tertiary alicyclic amines) is 1. The Hall–Kier alpha value is -1.92. The summed E-state index contributed by atoms with van der Waals surface area (Å²) < 4.78 is 0. The van der Waals surface area contributed by atoms with E-state index in [1.54, 1.807) is 6.92 Å². The number of carbonyl (C=O) groups is 3. The van der Waals surface area contributed by atoms with Crippen molar-refractivity contribution in [1.82, 2.24) is 14.7 Å². The molecule has 6 nitrogen and oxygen atoms in total. The highest BCUT2D eigenvalue weighted by Gasteiger charge is 2.33. The summed E-state index contributed by atoms with van der Waals surface area (Å²) in [5.74, 6) is 0.791. The second-order valence-electron chi connectivity index (χ2n) is 10.9. The van der Waals surface area contributed by atoms with Gasteiger partial charge in [-0.3, -0.25) is 19.3 Å². The van der Waals surface area contributed by atoms with Gasteiger partial charge in [0, 0.05) is 75.5 Å². The third-order valence-corrected chi connectivity index (χ3v) is 8.53. The number of Topliss-reactive ketones (excluding diaryl/α,β-unsaturated/α-hetero) is 1. The summed E-state index contributed by atoms with van der Waals surface area (Å²) >= 11 is 6.49. The van der Waals surface area contributed by atoms with Crippen LogP contribution in [0.5, 0.6) is 0 Å². The second-order valence-corrected chi connectivity index (χ2v) is 11.3. The van der Waals surface area contributed by atoms with E-state index in [1.807, 2.05) is 17.0 Å². The van der Waals surface area contributed by atoms with E-state index in [1.165, 1.54) is 12.8 Å². The molecule has 1 saturated carbocycles. The van der Waals surface area contributed by atoms with Crippen LogP contribution in [0.25, 0.3) is 0 Å². The molecule has 7 heteroatoms. The molecule has 2 atom stereocenters. The molecule has 0 spiro atoms. The van der Waals surface area contributed by atoms with Crippen molar-refractivity contribution in [2.45, 2.75) is 90.8 Å². The van der Waals surface area contributed by atoms with Crippen LogP contribution in [0.1, 0.15) is 75.5 Å². The predicted molar refractivity (Wildman–Crippen MR) is 138 cm³/mol. The molecule has 0 aromatic heterocycles. The summed E-state index contributed by atoms with van der Waals surface area (Å²) in [4.78, 5) is 44.0. The second kappa shape index (κ2) is 11.4. The SMILES string of the molecule is CC(=O)N1CCC[C@H]1CC(=O)Cc1cc(Cl)cc(CN2CCN(C(=O)C3CCCC3)[C@@H](C)C2)c1C. The normalized spacial score (nSPS) is 23.8. The standard InChI is InChI=1S/C28H40ClN3O3/c1-19-17-30(11-12-31(19)28(35)22-7-4-5-8-22)18-24-14-25(29)13-23(20(24)2)15-27(34)16-26-9-6-10-32(26)21(3)33/h13-14,19,22,26H,4-12,15-18H2,1-3H3/t19-,26-/m0/s1. The fourth-order valence-electron chi connectivity index (χ4n) is 6.31. The maximum atomic E-state index is 12.9. The summed E-state index contributed by atoms with van der Waals surface area (Å²) in [6.07, 6.45) is 7.08. The molecule has 1 aromatic rings. The molecule has 0 N–H and O–H groups in total. The minimum absolute atomic E-state index is 0.0312. The molecular formula is C28H40ClN3O3. The number of piperazine rings is 1. The molecule has 2 aliphatic heterocycles. The first-order valence-corrected chi connectivity index (χ1v) is 13.7. The first kappa shape index (κ1) is 26.2. The van der Waals surface area contributed by atoms with Crippen molar-refractivity contribution in [3.05, 3.63) is 33.8 Å². The van der Waals surface area contributed by atoms with Crippen LogP contribution >= 0.6 is 11.6 Å². The van der Waals surface area contributed by atoms with Crippen molar-refractivity contribution in [3.8, 4) is 0 Å². The fourth-order valence-corrected chi connectivity index (χ4v) is 6.57. The molecular weight excluding hydrogens is 462 g/mol. The zero-order valence-corrected chi connectivity index (χ0v) is 22.3. The lowest BCUT2D eigenvalue weighted by Gasteiger charge is -2.41. The molecule has 0 unspecified atom stereocenters. The molecule has 1 aliphatic carbocycles. The Labute approximate surface area is 215 Å². The minimum atomic E-state index is 0.0312. The number of hydrogen-bond donors (Lipinski definition) is 0. The van der Waals surface area contributed by atoms with Gasteiger partial charge >= 0.3 is 0 Å². The highest BCUT2D eigenvalue weighted by molar-refractivity contribution is 6.30. The Bertz CT molecular complexity index is 959. The highest BCUT2D eigenvalue weighted by atomic mass is 35.5. The molecule has 0 bridgehead atoms. The number of hydrogen-bond acceptors (Lipinski definition) is 4. The summed E-state index contributed by atoms with van der Waals surface area (Å²) in [6.45, 7) is 9.82. The number of rotatable bonds is 7. The number of carbonyl (C=O) groups excluding carboxylic acids is 3. The van der Waals surface area contributed by atoms with Crippen LogP contribution in [0.4, 0.5) is 0 Å². The molecule has 4 rings (SSSR count). The lowest BCUT2D eigenvalue weighted by atomic mass is 9.95. The first-order chi connectivity index (χ1) is 16.7. The average Bonchev–Trinajstić information content (AvgIpc) is 3.49. The molecule has 35 heavy (non-hydrogen) atoms. The third kappa shape index (κ3) is 6.26. The Morgan fingerprint density at radius 3 is 2.37 bits per heavy atom. The molecule has 0 radical (unpaired) electrons. The van der Waals surface area contributed by atoms with E-state index < -0.39 is 0 Å². The van der Waals surface area contributed by atoms with Gasteiger partial charge in [-0.2, -0.15) is 0 Å². The van der Waals surface area contributed by atoms with Gasteiger partial charge in [-0.15, -0.1) is 0 Å². The maximum absolute atomic E-state index is 12.9. The van der Waals surface area contributed by atoms with Gasteiger partial charge in [0.05, 0.1) is 0 Å². The lowest BCUT2D eigenvalue weighted by molar-refractivity contribution is -0.140. The van der Waals surface area contributed by atoms with Gasteiger partial charge in [0.25, 0.3) is 0 Å². The maximum Gasteiger partial charge on any atom is 0.226 e. The van der Waals surface area contributed by atoms with E-state index >= 15 is 0 Å². The van der Waals surface area contributed by atoms with Crippen LogP contribution < -0.4 is 0 Å². The highest BCUT2D eigenvalue weighted by Crippen LogP contribution is 2.29. The van der Waals surface area contributed by atoms with Gasteiger partial charge < -0.3 is 9.80 Å². The monoisotopic (exact) mass is 501 g/mol. The van der Waals surface area contributed by atoms with Crippen molar-refractivity contribution in [3.63, 3.8) is 0 Å². The minimum Gasteiger partial charge on any atom is -0.340 e. The molecule has 3 aliphatic rings. The van der Waals surface area contributed by atoms with Crippen molar-refractivity contribution < 1.29 is 14.4 Å². The Morgan fingerprint density at radius 1 is 0.971 bits per heavy atom. The van der Waals surface area contributed by atoms with Crippen LogP contribution in [0.2, 0.25) is 5.02 Å². The average molecular weight is 502 g/mol. The fraction of sp³-hybridized carbons (Fsp3) is 0.679. The van der Waals surface area contributed by atoms with Gasteiger partial charge in [-0.25, -0.2) is 0 Å². The van der Waals surface area contributed by atoms with E-state index in [0.29, 0.717) is 23.8 Å². The Balaban J connectivity index is 1.37. The number of nitrogens with zero attached hydrogens (tertiary/aromatic N) is 3. The quantitative estimate of drug-likeness (QED) is 0.556. The third-order valence-electron chi connectivity index (χ3n) is 8.31. The number of halogens is 1. The zero-order valence-electron chi connectivity index (χ0n) is 21.5.